The molecule has 0 fully saturated rings. The Morgan fingerprint density at radius 3 is 2.95 bits per heavy atom. The summed E-state index contributed by atoms with van der Waals surface area (Å²) in [6.45, 7) is 1.84. The number of pyridine rings is 1. The van der Waals surface area contributed by atoms with Gasteiger partial charge < -0.3 is 4.42 Å². The van der Waals surface area contributed by atoms with Gasteiger partial charge in [-0.25, -0.2) is 9.48 Å². The van der Waals surface area contributed by atoms with E-state index in [4.69, 9.17) is 4.42 Å². The van der Waals surface area contributed by atoms with Crippen LogP contribution in [0.5, 0.6) is 0 Å². The Hall–Kier alpha value is -2.35. The number of nitrogens with zero attached hydrogens (tertiary/aromatic N) is 5. The Morgan fingerprint density at radius 1 is 1.38 bits per heavy atom. The number of aromatic nitrogens is 5. The van der Waals surface area contributed by atoms with Crippen molar-refractivity contribution < 1.29 is 4.42 Å². The van der Waals surface area contributed by atoms with E-state index in [1.807, 2.05) is 25.3 Å². The van der Waals surface area contributed by atoms with Crippen molar-refractivity contribution in [2.45, 2.75) is 12.8 Å². The average Bonchev–Trinajstić information content (AvgIpc) is 3.04. The van der Waals surface area contributed by atoms with Gasteiger partial charge in [-0.2, -0.15) is 9.78 Å². The van der Waals surface area contributed by atoms with Crippen molar-refractivity contribution in [2.24, 2.45) is 0 Å². The van der Waals surface area contributed by atoms with Crippen molar-refractivity contribution in [3.8, 4) is 17.1 Å². The van der Waals surface area contributed by atoms with Crippen molar-refractivity contribution in [3.63, 3.8) is 0 Å². The quantitative estimate of drug-likeness (QED) is 0.730. The molecule has 0 amide bonds. The summed E-state index contributed by atoms with van der Waals surface area (Å²) in [4.78, 5) is 15.7. The minimum atomic E-state index is -0.465. The van der Waals surface area contributed by atoms with Gasteiger partial charge in [-0.15, -0.1) is 16.9 Å². The third-order valence-corrected chi connectivity index (χ3v) is 3.40. The lowest BCUT2D eigenvalue weighted by Gasteiger charge is -1.97. The molecule has 8 heteroatoms. The summed E-state index contributed by atoms with van der Waals surface area (Å²) in [6, 6.07) is 3.73. The van der Waals surface area contributed by atoms with Gasteiger partial charge in [0.25, 0.3) is 5.89 Å². The molecule has 0 aliphatic rings. The van der Waals surface area contributed by atoms with Crippen molar-refractivity contribution in [1.29, 1.82) is 0 Å². The molecule has 0 aliphatic carbocycles. The summed E-state index contributed by atoms with van der Waals surface area (Å²) in [6.07, 6.45) is 7.08. The van der Waals surface area contributed by atoms with E-state index < -0.39 is 5.76 Å². The van der Waals surface area contributed by atoms with Crippen molar-refractivity contribution in [3.05, 3.63) is 47.0 Å². The number of thioether (sulfide) groups is 1. The molecule has 0 radical (unpaired) electrons. The lowest BCUT2D eigenvalue weighted by Crippen LogP contribution is -2.13. The normalized spacial score (nSPS) is 11.0. The second-order valence-electron chi connectivity index (χ2n) is 4.37. The third-order valence-electron chi connectivity index (χ3n) is 2.90. The van der Waals surface area contributed by atoms with Crippen molar-refractivity contribution >= 4 is 11.8 Å². The number of aryl methyl sites for hydroxylation is 1. The topological polar surface area (TPSA) is 78.7 Å². The van der Waals surface area contributed by atoms with Gasteiger partial charge >= 0.3 is 5.76 Å². The number of rotatable bonds is 4. The van der Waals surface area contributed by atoms with E-state index in [9.17, 15) is 4.79 Å². The van der Waals surface area contributed by atoms with E-state index in [2.05, 4.69) is 15.2 Å². The zero-order valence-electron chi connectivity index (χ0n) is 11.6. The minimum Gasteiger partial charge on any atom is -0.387 e. The van der Waals surface area contributed by atoms with E-state index >= 15 is 0 Å². The maximum Gasteiger partial charge on any atom is 0.438 e. The summed E-state index contributed by atoms with van der Waals surface area (Å²) in [7, 11) is 0. The highest BCUT2D eigenvalue weighted by atomic mass is 32.2. The van der Waals surface area contributed by atoms with Crippen LogP contribution in [0.2, 0.25) is 0 Å². The van der Waals surface area contributed by atoms with Crippen LogP contribution in [-0.4, -0.2) is 30.8 Å². The molecule has 3 rings (SSSR count). The van der Waals surface area contributed by atoms with Crippen LogP contribution in [0, 0.1) is 6.92 Å². The van der Waals surface area contributed by atoms with E-state index in [0.717, 1.165) is 11.4 Å². The smallest absolute Gasteiger partial charge is 0.387 e. The van der Waals surface area contributed by atoms with Crippen LogP contribution < -0.4 is 5.76 Å². The second-order valence-corrected chi connectivity index (χ2v) is 5.21. The van der Waals surface area contributed by atoms with E-state index in [-0.39, 0.29) is 5.89 Å². The first-order valence-electron chi connectivity index (χ1n) is 6.23. The standard InChI is InChI=1S/C13H13N5O2S/c1-9-11(12-16-18(8-21-2)13(19)20-12)7-17(15-9)10-4-3-5-14-6-10/h3-7H,8H2,1-2H3. The zero-order valence-corrected chi connectivity index (χ0v) is 12.4. The minimum absolute atomic E-state index is 0.279. The first kappa shape index (κ1) is 13.6. The number of hydrogen-bond donors (Lipinski definition) is 0. The molecule has 3 aromatic rings. The van der Waals surface area contributed by atoms with Gasteiger partial charge in [-0.1, -0.05) is 0 Å². The van der Waals surface area contributed by atoms with Crippen LogP contribution in [0.25, 0.3) is 17.1 Å². The molecule has 3 aromatic heterocycles. The van der Waals surface area contributed by atoms with Crippen LogP contribution in [0.4, 0.5) is 0 Å². The molecule has 0 atom stereocenters. The molecular weight excluding hydrogens is 290 g/mol. The van der Waals surface area contributed by atoms with Crippen LogP contribution >= 0.6 is 11.8 Å². The Morgan fingerprint density at radius 2 is 2.24 bits per heavy atom. The maximum absolute atomic E-state index is 11.7. The van der Waals surface area contributed by atoms with Crippen LogP contribution in [0.1, 0.15) is 5.69 Å². The second kappa shape index (κ2) is 5.57. The highest BCUT2D eigenvalue weighted by Gasteiger charge is 2.16. The lowest BCUT2D eigenvalue weighted by molar-refractivity contribution is 0.503. The molecule has 0 unspecified atom stereocenters. The van der Waals surface area contributed by atoms with Gasteiger partial charge in [0.15, 0.2) is 0 Å². The molecule has 0 saturated carbocycles. The van der Waals surface area contributed by atoms with Crippen molar-refractivity contribution in [1.82, 2.24) is 24.5 Å². The van der Waals surface area contributed by atoms with Gasteiger partial charge in [0, 0.05) is 12.4 Å². The van der Waals surface area contributed by atoms with Crippen LogP contribution in [-0.2, 0) is 5.88 Å². The third kappa shape index (κ3) is 2.62. The molecule has 0 aromatic carbocycles. The van der Waals surface area contributed by atoms with Gasteiger partial charge in [0.2, 0.25) is 0 Å². The van der Waals surface area contributed by atoms with Gasteiger partial charge in [0.1, 0.15) is 0 Å². The van der Waals surface area contributed by atoms with E-state index in [0.29, 0.717) is 11.4 Å². The van der Waals surface area contributed by atoms with Crippen LogP contribution in [0.3, 0.4) is 0 Å². The molecule has 3 heterocycles. The maximum atomic E-state index is 11.7. The molecule has 7 nitrogen and oxygen atoms in total. The zero-order chi connectivity index (χ0) is 14.8. The summed E-state index contributed by atoms with van der Waals surface area (Å²) >= 11 is 1.50. The van der Waals surface area contributed by atoms with Gasteiger partial charge in [-0.05, 0) is 25.3 Å². The Balaban J connectivity index is 2.02. The molecule has 0 saturated heterocycles. The van der Waals surface area contributed by atoms with Crippen molar-refractivity contribution in [2.75, 3.05) is 6.26 Å². The predicted octanol–water partition coefficient (Wildman–Crippen LogP) is 1.71. The molecule has 0 bridgehead atoms. The van der Waals surface area contributed by atoms with Gasteiger partial charge in [-0.3, -0.25) is 4.98 Å². The first-order valence-corrected chi connectivity index (χ1v) is 7.62. The van der Waals surface area contributed by atoms with E-state index in [1.54, 1.807) is 23.3 Å². The molecule has 21 heavy (non-hydrogen) atoms. The fourth-order valence-electron chi connectivity index (χ4n) is 1.91. The molecule has 0 aliphatic heterocycles. The molecule has 0 N–H and O–H groups in total. The molecule has 108 valence electrons. The monoisotopic (exact) mass is 303 g/mol. The Bertz CT molecular complexity index is 806. The Labute approximate surface area is 124 Å². The molecular formula is C13H13N5O2S. The van der Waals surface area contributed by atoms with Gasteiger partial charge in [0.05, 0.1) is 29.0 Å². The lowest BCUT2D eigenvalue weighted by atomic mass is 10.3. The fourth-order valence-corrected chi connectivity index (χ4v) is 2.32. The van der Waals surface area contributed by atoms with Crippen LogP contribution in [0.15, 0.2) is 39.9 Å². The summed E-state index contributed by atoms with van der Waals surface area (Å²) in [5.74, 6) is 0.271. The highest BCUT2D eigenvalue weighted by molar-refractivity contribution is 7.97. The fraction of sp³-hybridized carbons (Fsp3) is 0.231. The molecule has 0 spiro atoms. The number of hydrogen-bond acceptors (Lipinski definition) is 6. The summed E-state index contributed by atoms with van der Waals surface area (Å²) in [5, 5.41) is 8.59. The first-order chi connectivity index (χ1) is 10.2. The predicted molar refractivity (Wildman–Crippen MR) is 79.4 cm³/mol. The average molecular weight is 303 g/mol. The SMILES string of the molecule is CSCn1nc(-c2cn(-c3cccnc3)nc2C)oc1=O. The summed E-state index contributed by atoms with van der Waals surface area (Å²) < 4.78 is 8.18. The highest BCUT2D eigenvalue weighted by Crippen LogP contribution is 2.21. The largest absolute Gasteiger partial charge is 0.438 e. The summed E-state index contributed by atoms with van der Waals surface area (Å²) in [5.41, 5.74) is 2.25. The Kier molecular flexibility index (Phi) is 3.61. The van der Waals surface area contributed by atoms with E-state index in [1.165, 1.54) is 16.4 Å².